The molecule has 0 N–H and O–H groups in total. The molecule has 0 saturated heterocycles. The van der Waals surface area contributed by atoms with Gasteiger partial charge in [0.05, 0.1) is 16.7 Å². The molecular formula is C41H26N4. The zero-order valence-electron chi connectivity index (χ0n) is 24.3. The van der Waals surface area contributed by atoms with Crippen LogP contribution in [0.2, 0.25) is 0 Å². The van der Waals surface area contributed by atoms with Crippen molar-refractivity contribution in [2.24, 2.45) is 0 Å². The highest BCUT2D eigenvalue weighted by atomic mass is 15.0. The van der Waals surface area contributed by atoms with Gasteiger partial charge in [-0.25, -0.2) is 15.0 Å². The summed E-state index contributed by atoms with van der Waals surface area (Å²) in [6.45, 7) is 0. The van der Waals surface area contributed by atoms with Crippen LogP contribution in [0.5, 0.6) is 0 Å². The summed E-state index contributed by atoms with van der Waals surface area (Å²) in [6, 6.07) is 55.1. The Morgan fingerprint density at radius 1 is 0.333 bits per heavy atom. The molecule has 45 heavy (non-hydrogen) atoms. The van der Waals surface area contributed by atoms with Gasteiger partial charge >= 0.3 is 0 Å². The van der Waals surface area contributed by atoms with E-state index < -0.39 is 0 Å². The molecule has 0 aliphatic rings. The molecule has 0 unspecified atom stereocenters. The van der Waals surface area contributed by atoms with Crippen LogP contribution in [0.3, 0.4) is 0 Å². The highest BCUT2D eigenvalue weighted by Gasteiger charge is 2.18. The number of rotatable bonds is 4. The van der Waals surface area contributed by atoms with Crippen molar-refractivity contribution in [2.45, 2.75) is 0 Å². The SMILES string of the molecule is c1ccc(-c2nc(-c3ccc4ccccc4c3)nc(-c3cc(-n4c5ccccc5c5ccccc54)c4ccccc4c3)n2)cc1. The minimum atomic E-state index is 0.639. The van der Waals surface area contributed by atoms with Gasteiger partial charge in [-0.2, -0.15) is 0 Å². The summed E-state index contributed by atoms with van der Waals surface area (Å²) in [4.78, 5) is 15.2. The zero-order valence-corrected chi connectivity index (χ0v) is 24.3. The first-order valence-electron chi connectivity index (χ1n) is 15.1. The molecule has 0 aliphatic heterocycles. The van der Waals surface area contributed by atoms with Crippen molar-refractivity contribution < 1.29 is 0 Å². The third-order valence-corrected chi connectivity index (χ3v) is 8.59. The highest BCUT2D eigenvalue weighted by Crippen LogP contribution is 2.37. The van der Waals surface area contributed by atoms with Crippen molar-refractivity contribution in [3.8, 4) is 39.9 Å². The van der Waals surface area contributed by atoms with Gasteiger partial charge in [-0.15, -0.1) is 0 Å². The number of nitrogens with zero attached hydrogens (tertiary/aromatic N) is 4. The molecule has 2 aromatic heterocycles. The molecule has 7 aromatic carbocycles. The lowest BCUT2D eigenvalue weighted by Crippen LogP contribution is -2.02. The van der Waals surface area contributed by atoms with Gasteiger partial charge in [-0.1, -0.05) is 127 Å². The summed E-state index contributed by atoms with van der Waals surface area (Å²) in [6.07, 6.45) is 0. The van der Waals surface area contributed by atoms with Crippen LogP contribution in [0.15, 0.2) is 158 Å². The van der Waals surface area contributed by atoms with Crippen LogP contribution in [0.25, 0.3) is 83.2 Å². The number of fused-ring (bicyclic) bond motifs is 5. The third kappa shape index (κ3) is 4.27. The van der Waals surface area contributed by atoms with Gasteiger partial charge in [0.1, 0.15) is 0 Å². The van der Waals surface area contributed by atoms with E-state index in [1.165, 1.54) is 32.6 Å². The van der Waals surface area contributed by atoms with Crippen molar-refractivity contribution in [1.82, 2.24) is 19.5 Å². The molecule has 4 nitrogen and oxygen atoms in total. The molecule has 9 aromatic rings. The second kappa shape index (κ2) is 10.2. The lowest BCUT2D eigenvalue weighted by atomic mass is 10.0. The predicted octanol–water partition coefficient (Wildman–Crippen LogP) is 10.3. The summed E-state index contributed by atoms with van der Waals surface area (Å²) in [7, 11) is 0. The standard InChI is InChI=1S/C41H26N4/c1-2-13-28(14-3-1)39-42-40(31-23-22-27-12-4-5-15-29(27)24-31)44-41(43-39)32-25-30-16-6-7-17-33(30)38(26-32)45-36-20-10-8-18-34(36)35-19-9-11-21-37(35)45/h1-26H. The smallest absolute Gasteiger partial charge is 0.164 e. The van der Waals surface area contributed by atoms with Crippen LogP contribution >= 0.6 is 0 Å². The highest BCUT2D eigenvalue weighted by molar-refractivity contribution is 6.10. The fraction of sp³-hybridized carbons (Fsp3) is 0. The van der Waals surface area contributed by atoms with Crippen LogP contribution in [0.4, 0.5) is 0 Å². The number of benzene rings is 7. The predicted molar refractivity (Wildman–Crippen MR) is 185 cm³/mol. The van der Waals surface area contributed by atoms with Crippen molar-refractivity contribution in [3.63, 3.8) is 0 Å². The normalized spacial score (nSPS) is 11.6. The second-order valence-electron chi connectivity index (χ2n) is 11.3. The Morgan fingerprint density at radius 3 is 1.56 bits per heavy atom. The lowest BCUT2D eigenvalue weighted by molar-refractivity contribution is 1.07. The Balaban J connectivity index is 1.32. The first-order chi connectivity index (χ1) is 22.3. The second-order valence-corrected chi connectivity index (χ2v) is 11.3. The first kappa shape index (κ1) is 25.4. The van der Waals surface area contributed by atoms with E-state index in [-0.39, 0.29) is 0 Å². The minimum absolute atomic E-state index is 0.639. The largest absolute Gasteiger partial charge is 0.309 e. The average molecular weight is 575 g/mol. The monoisotopic (exact) mass is 574 g/mol. The average Bonchev–Trinajstić information content (AvgIpc) is 3.45. The third-order valence-electron chi connectivity index (χ3n) is 8.59. The number of para-hydroxylation sites is 2. The number of hydrogen-bond acceptors (Lipinski definition) is 3. The Morgan fingerprint density at radius 2 is 0.844 bits per heavy atom. The Labute approximate surface area is 259 Å². The molecule has 0 atom stereocenters. The van der Waals surface area contributed by atoms with Gasteiger partial charge < -0.3 is 4.57 Å². The molecule has 9 rings (SSSR count). The van der Waals surface area contributed by atoms with Gasteiger partial charge in [0.2, 0.25) is 0 Å². The molecule has 0 radical (unpaired) electrons. The van der Waals surface area contributed by atoms with E-state index in [0.29, 0.717) is 17.5 Å². The van der Waals surface area contributed by atoms with E-state index in [9.17, 15) is 0 Å². The van der Waals surface area contributed by atoms with Crippen LogP contribution in [-0.4, -0.2) is 19.5 Å². The molecule has 4 heteroatoms. The van der Waals surface area contributed by atoms with E-state index in [2.05, 4.69) is 132 Å². The molecule has 0 spiro atoms. The Bertz CT molecular complexity index is 2490. The molecule has 0 bridgehead atoms. The van der Waals surface area contributed by atoms with Crippen LogP contribution < -0.4 is 0 Å². The molecule has 0 saturated carbocycles. The topological polar surface area (TPSA) is 43.6 Å². The van der Waals surface area contributed by atoms with Crippen molar-refractivity contribution >= 4 is 43.4 Å². The molecule has 0 amide bonds. The maximum atomic E-state index is 5.13. The van der Waals surface area contributed by atoms with Crippen molar-refractivity contribution in [2.75, 3.05) is 0 Å². The Kier molecular flexibility index (Phi) is 5.78. The lowest BCUT2D eigenvalue weighted by Gasteiger charge is -2.15. The summed E-state index contributed by atoms with van der Waals surface area (Å²) < 4.78 is 2.38. The van der Waals surface area contributed by atoms with Gasteiger partial charge in [-0.05, 0) is 46.5 Å². The van der Waals surface area contributed by atoms with Crippen LogP contribution in [0.1, 0.15) is 0 Å². The van der Waals surface area contributed by atoms with Gasteiger partial charge in [0.15, 0.2) is 17.5 Å². The van der Waals surface area contributed by atoms with Crippen LogP contribution in [0, 0.1) is 0 Å². The zero-order chi connectivity index (χ0) is 29.7. The van der Waals surface area contributed by atoms with Crippen LogP contribution in [-0.2, 0) is 0 Å². The fourth-order valence-corrected chi connectivity index (χ4v) is 6.47. The van der Waals surface area contributed by atoms with Crippen molar-refractivity contribution in [3.05, 3.63) is 158 Å². The number of aromatic nitrogens is 4. The molecule has 0 aliphatic carbocycles. The molecule has 210 valence electrons. The summed E-state index contributed by atoms with van der Waals surface area (Å²) >= 11 is 0. The quantitative estimate of drug-likeness (QED) is 0.210. The van der Waals surface area contributed by atoms with E-state index in [1.54, 1.807) is 0 Å². The minimum Gasteiger partial charge on any atom is -0.309 e. The maximum absolute atomic E-state index is 5.13. The maximum Gasteiger partial charge on any atom is 0.164 e. The van der Waals surface area contributed by atoms with Crippen molar-refractivity contribution in [1.29, 1.82) is 0 Å². The van der Waals surface area contributed by atoms with Gasteiger partial charge in [0.25, 0.3) is 0 Å². The first-order valence-corrected chi connectivity index (χ1v) is 15.1. The molecular weight excluding hydrogens is 548 g/mol. The van der Waals surface area contributed by atoms with E-state index in [0.717, 1.165) is 33.2 Å². The molecule has 2 heterocycles. The van der Waals surface area contributed by atoms with Gasteiger partial charge in [-0.3, -0.25) is 0 Å². The van der Waals surface area contributed by atoms with E-state index in [1.807, 2.05) is 30.3 Å². The summed E-state index contributed by atoms with van der Waals surface area (Å²) in [5, 5.41) is 7.09. The van der Waals surface area contributed by atoms with E-state index in [4.69, 9.17) is 15.0 Å². The molecule has 0 fully saturated rings. The number of hydrogen-bond donors (Lipinski definition) is 0. The summed E-state index contributed by atoms with van der Waals surface area (Å²) in [5.74, 6) is 1.94. The Hall–Kier alpha value is -6.13. The summed E-state index contributed by atoms with van der Waals surface area (Å²) in [5.41, 5.74) is 6.27. The van der Waals surface area contributed by atoms with E-state index >= 15 is 0 Å². The van der Waals surface area contributed by atoms with Gasteiger partial charge in [0, 0.05) is 32.8 Å². The fourth-order valence-electron chi connectivity index (χ4n) is 6.47.